The van der Waals surface area contributed by atoms with Crippen LogP contribution in [-0.4, -0.2) is 47.6 Å². The minimum Gasteiger partial charge on any atom is -0.507 e. The van der Waals surface area contributed by atoms with Crippen LogP contribution in [0.15, 0.2) is 0 Å². The van der Waals surface area contributed by atoms with E-state index in [1.165, 1.54) is 14.2 Å². The first-order valence-corrected chi connectivity index (χ1v) is 12.8. The topological polar surface area (TPSA) is 112 Å². The van der Waals surface area contributed by atoms with Crippen molar-refractivity contribution in [1.29, 1.82) is 0 Å². The second-order valence-corrected chi connectivity index (χ2v) is 10.7. The van der Waals surface area contributed by atoms with Crippen LogP contribution in [0.25, 0.3) is 0 Å². The maximum absolute atomic E-state index is 11.8. The van der Waals surface area contributed by atoms with E-state index in [9.17, 15) is 19.8 Å². The molecular formula is C30H40O8. The number of phenols is 2. The van der Waals surface area contributed by atoms with Crippen LogP contribution < -0.4 is 9.47 Å². The Balaban J connectivity index is 0.000000211. The minimum absolute atomic E-state index is 0.321. The van der Waals surface area contributed by atoms with Crippen LogP contribution in [0.5, 0.6) is 23.0 Å². The van der Waals surface area contributed by atoms with Crippen LogP contribution in [-0.2, 0) is 31.9 Å². The molecule has 4 rings (SSSR count). The lowest BCUT2D eigenvalue weighted by molar-refractivity contribution is -0.159. The molecule has 0 radical (unpaired) electrons. The van der Waals surface area contributed by atoms with Gasteiger partial charge in [0.2, 0.25) is 11.2 Å². The van der Waals surface area contributed by atoms with Crippen LogP contribution in [0.3, 0.4) is 0 Å². The Morgan fingerprint density at radius 1 is 0.632 bits per heavy atom. The lowest BCUT2D eigenvalue weighted by Crippen LogP contribution is -2.45. The lowest BCUT2D eigenvalue weighted by atomic mass is 9.87. The molecule has 2 aliphatic heterocycles. The molecule has 0 saturated heterocycles. The molecule has 8 nitrogen and oxygen atoms in total. The molecule has 0 spiro atoms. The van der Waals surface area contributed by atoms with Crippen LogP contribution >= 0.6 is 0 Å². The van der Waals surface area contributed by atoms with Crippen molar-refractivity contribution in [2.75, 3.05) is 14.2 Å². The summed E-state index contributed by atoms with van der Waals surface area (Å²) in [6.07, 6.45) is 2.49. The van der Waals surface area contributed by atoms with Crippen molar-refractivity contribution in [2.45, 2.75) is 92.3 Å². The van der Waals surface area contributed by atoms with Gasteiger partial charge >= 0.3 is 11.9 Å². The van der Waals surface area contributed by atoms with E-state index in [1.54, 1.807) is 13.8 Å². The van der Waals surface area contributed by atoms with E-state index in [0.29, 0.717) is 48.7 Å². The van der Waals surface area contributed by atoms with Gasteiger partial charge in [0.1, 0.15) is 23.0 Å². The number of hydrogen-bond donors (Lipinski definition) is 2. The fraction of sp³-hybridized carbons (Fsp3) is 0.533. The maximum Gasteiger partial charge on any atom is 0.349 e. The van der Waals surface area contributed by atoms with Gasteiger partial charge in [-0.1, -0.05) is 0 Å². The molecule has 8 heteroatoms. The zero-order valence-corrected chi connectivity index (χ0v) is 24.2. The number of aromatic hydroxyl groups is 2. The molecule has 0 bridgehead atoms. The minimum atomic E-state index is -0.942. The van der Waals surface area contributed by atoms with Gasteiger partial charge in [0.05, 0.1) is 14.2 Å². The number of carbonyl (C=O) groups is 2. The molecule has 0 aromatic heterocycles. The van der Waals surface area contributed by atoms with Crippen LogP contribution in [0.2, 0.25) is 0 Å². The van der Waals surface area contributed by atoms with E-state index in [0.717, 1.165) is 44.5 Å². The third-order valence-corrected chi connectivity index (χ3v) is 8.27. The fourth-order valence-electron chi connectivity index (χ4n) is 5.21. The van der Waals surface area contributed by atoms with Crippen molar-refractivity contribution >= 4 is 11.9 Å². The highest BCUT2D eigenvalue weighted by molar-refractivity contribution is 5.81. The van der Waals surface area contributed by atoms with Crippen molar-refractivity contribution in [3.63, 3.8) is 0 Å². The SMILES string of the molecule is COC(=O)[C@]1(C)CCc2c(C)c(O)c(C)c(C)c2O1.COC(=O)[C@]1(C)CCc2c(C)c(O)c(C)c(C)c2O1. The standard InChI is InChI=1S/2C15H20O4/c2*1-8-9(2)13-11(10(3)12(8)16)6-7-15(4,19-13)14(17)18-5/h2*16H,6-7H2,1-5H3/t2*15-/m00/s1. The second kappa shape index (κ2) is 10.4. The highest BCUT2D eigenvalue weighted by atomic mass is 16.6. The smallest absolute Gasteiger partial charge is 0.349 e. The second-order valence-electron chi connectivity index (χ2n) is 10.7. The molecular weight excluding hydrogens is 488 g/mol. The average Bonchev–Trinajstić information content (AvgIpc) is 2.91. The van der Waals surface area contributed by atoms with E-state index in [2.05, 4.69) is 0 Å². The Kier molecular flexibility index (Phi) is 7.97. The molecule has 0 aliphatic carbocycles. The van der Waals surface area contributed by atoms with Gasteiger partial charge in [-0.25, -0.2) is 9.59 Å². The first-order chi connectivity index (χ1) is 17.6. The van der Waals surface area contributed by atoms with Crippen molar-refractivity contribution < 1.29 is 38.7 Å². The summed E-state index contributed by atoms with van der Waals surface area (Å²) in [5, 5.41) is 20.2. The van der Waals surface area contributed by atoms with Crippen LogP contribution in [0.1, 0.15) is 71.2 Å². The van der Waals surface area contributed by atoms with E-state index < -0.39 is 11.2 Å². The van der Waals surface area contributed by atoms with E-state index in [1.807, 2.05) is 41.5 Å². The van der Waals surface area contributed by atoms with Gasteiger partial charge in [0, 0.05) is 24.0 Å². The van der Waals surface area contributed by atoms with Crippen molar-refractivity contribution in [1.82, 2.24) is 0 Å². The molecule has 2 aromatic rings. The Morgan fingerprint density at radius 2 is 0.947 bits per heavy atom. The molecule has 208 valence electrons. The summed E-state index contributed by atoms with van der Waals surface area (Å²) >= 11 is 0. The highest BCUT2D eigenvalue weighted by Crippen LogP contribution is 2.44. The summed E-state index contributed by atoms with van der Waals surface area (Å²) in [5.41, 5.74) is 5.13. The van der Waals surface area contributed by atoms with Gasteiger partial charge in [-0.3, -0.25) is 0 Å². The predicted octanol–water partition coefficient (Wildman–Crippen LogP) is 5.15. The van der Waals surface area contributed by atoms with E-state index in [-0.39, 0.29) is 11.9 Å². The van der Waals surface area contributed by atoms with Crippen molar-refractivity contribution in [3.05, 3.63) is 44.5 Å². The number of rotatable bonds is 2. The van der Waals surface area contributed by atoms with E-state index in [4.69, 9.17) is 18.9 Å². The zero-order valence-electron chi connectivity index (χ0n) is 24.2. The molecule has 2 aromatic carbocycles. The van der Waals surface area contributed by atoms with E-state index >= 15 is 0 Å². The molecule has 2 N–H and O–H groups in total. The first-order valence-electron chi connectivity index (χ1n) is 12.8. The number of hydrogen-bond acceptors (Lipinski definition) is 8. The molecule has 2 atom stereocenters. The predicted molar refractivity (Wildman–Crippen MR) is 143 cm³/mol. The van der Waals surface area contributed by atoms with Crippen molar-refractivity contribution in [2.24, 2.45) is 0 Å². The summed E-state index contributed by atoms with van der Waals surface area (Å²) in [5.74, 6) is 1.35. The number of benzene rings is 2. The third kappa shape index (κ3) is 4.76. The number of ether oxygens (including phenoxy) is 4. The zero-order chi connectivity index (χ0) is 28.7. The molecule has 2 heterocycles. The molecule has 0 unspecified atom stereocenters. The lowest BCUT2D eigenvalue weighted by Gasteiger charge is -2.35. The van der Waals surface area contributed by atoms with Gasteiger partial charge < -0.3 is 29.2 Å². The maximum atomic E-state index is 11.8. The number of fused-ring (bicyclic) bond motifs is 2. The molecule has 0 fully saturated rings. The monoisotopic (exact) mass is 528 g/mol. The Labute approximate surface area is 224 Å². The average molecular weight is 529 g/mol. The van der Waals surface area contributed by atoms with Gasteiger partial charge in [-0.2, -0.15) is 0 Å². The van der Waals surface area contributed by atoms with Gasteiger partial charge in [0.15, 0.2) is 0 Å². The normalized spacial score (nSPS) is 21.5. The van der Waals surface area contributed by atoms with Gasteiger partial charge in [0.25, 0.3) is 0 Å². The Hall–Kier alpha value is -3.42. The summed E-state index contributed by atoms with van der Waals surface area (Å²) in [7, 11) is 2.74. The number of methoxy groups -OCH3 is 2. The number of carbonyl (C=O) groups excluding carboxylic acids is 2. The summed E-state index contributed by atoms with van der Waals surface area (Å²) in [6, 6.07) is 0. The number of phenolic OH excluding ortho intramolecular Hbond substituents is 2. The molecule has 0 amide bonds. The van der Waals surface area contributed by atoms with Gasteiger partial charge in [-0.05, 0) is 102 Å². The Morgan fingerprint density at radius 3 is 1.24 bits per heavy atom. The molecule has 0 saturated carbocycles. The summed E-state index contributed by atoms with van der Waals surface area (Å²) < 4.78 is 21.5. The largest absolute Gasteiger partial charge is 0.507 e. The molecule has 38 heavy (non-hydrogen) atoms. The van der Waals surface area contributed by atoms with Crippen molar-refractivity contribution in [3.8, 4) is 23.0 Å². The summed E-state index contributed by atoms with van der Waals surface area (Å²) in [6.45, 7) is 14.8. The Bertz CT molecular complexity index is 1200. The van der Waals surface area contributed by atoms with Gasteiger partial charge in [-0.15, -0.1) is 0 Å². The quantitative estimate of drug-likeness (QED) is 0.515. The third-order valence-electron chi connectivity index (χ3n) is 8.27. The van der Waals surface area contributed by atoms with Crippen LogP contribution in [0.4, 0.5) is 0 Å². The highest BCUT2D eigenvalue weighted by Gasteiger charge is 2.43. The summed E-state index contributed by atoms with van der Waals surface area (Å²) in [4.78, 5) is 23.7. The van der Waals surface area contributed by atoms with Crippen LogP contribution in [0, 0.1) is 41.5 Å². The number of esters is 2. The fourth-order valence-corrected chi connectivity index (χ4v) is 5.21. The first kappa shape index (κ1) is 29.1. The molecule has 2 aliphatic rings.